The molecule has 0 aliphatic heterocycles. The number of nitrogens with one attached hydrogen (secondary N) is 1. The minimum absolute atomic E-state index is 0.188. The first kappa shape index (κ1) is 13.4. The van der Waals surface area contributed by atoms with E-state index >= 15 is 0 Å². The average Bonchev–Trinajstić information content (AvgIpc) is 2.86. The van der Waals surface area contributed by atoms with Gasteiger partial charge in [-0.3, -0.25) is 9.78 Å². The molecule has 0 radical (unpaired) electrons. The zero-order chi connectivity index (χ0) is 14.7. The van der Waals surface area contributed by atoms with Gasteiger partial charge in [0.25, 0.3) is 5.91 Å². The number of hydrogen-bond acceptors (Lipinski definition) is 6. The molecule has 0 atom stereocenters. The van der Waals surface area contributed by atoms with Crippen LogP contribution in [0.25, 0.3) is 10.2 Å². The number of hydrogen-bond donors (Lipinski definition) is 2. The average molecular weight is 299 g/mol. The number of fused-ring (bicyclic) bond motifs is 1. The summed E-state index contributed by atoms with van der Waals surface area (Å²) < 4.78 is 0. The lowest BCUT2D eigenvalue weighted by Crippen LogP contribution is -2.25. The molecule has 0 spiro atoms. The predicted molar refractivity (Wildman–Crippen MR) is 82.1 cm³/mol. The topological polar surface area (TPSA) is 93.8 Å². The monoisotopic (exact) mass is 299 g/mol. The molecule has 0 saturated carbocycles. The Bertz CT molecular complexity index is 771. The summed E-state index contributed by atoms with van der Waals surface area (Å²) in [5.74, 6) is -0.188. The smallest absolute Gasteiger partial charge is 0.263 e. The van der Waals surface area contributed by atoms with Crippen molar-refractivity contribution in [2.75, 3.05) is 12.3 Å². The summed E-state index contributed by atoms with van der Waals surface area (Å²) in [7, 11) is 0. The van der Waals surface area contributed by atoms with Gasteiger partial charge in [0.1, 0.15) is 9.71 Å². The van der Waals surface area contributed by atoms with Crippen molar-refractivity contribution in [3.05, 3.63) is 47.2 Å². The molecule has 0 fully saturated rings. The number of pyridine rings is 1. The number of anilines is 1. The zero-order valence-electron chi connectivity index (χ0n) is 11.1. The highest BCUT2D eigenvalue weighted by atomic mass is 32.1. The molecule has 3 N–H and O–H groups in total. The van der Waals surface area contributed by atoms with Crippen molar-refractivity contribution in [3.63, 3.8) is 0 Å². The van der Waals surface area contributed by atoms with Crippen molar-refractivity contribution in [1.29, 1.82) is 0 Å². The van der Waals surface area contributed by atoms with Gasteiger partial charge in [-0.05, 0) is 18.2 Å². The molecule has 21 heavy (non-hydrogen) atoms. The van der Waals surface area contributed by atoms with Gasteiger partial charge in [0.15, 0.2) is 0 Å². The molecule has 0 bridgehead atoms. The molecular formula is C14H13N5OS. The van der Waals surface area contributed by atoms with Crippen molar-refractivity contribution in [2.24, 2.45) is 0 Å². The first-order chi connectivity index (χ1) is 10.3. The van der Waals surface area contributed by atoms with Crippen LogP contribution in [0, 0.1) is 0 Å². The van der Waals surface area contributed by atoms with Gasteiger partial charge in [0.2, 0.25) is 0 Å². The first-order valence-electron chi connectivity index (χ1n) is 6.43. The number of aromatic nitrogens is 3. The Kier molecular flexibility index (Phi) is 3.74. The molecule has 0 unspecified atom stereocenters. The summed E-state index contributed by atoms with van der Waals surface area (Å²) in [6.07, 6.45) is 3.98. The molecular weight excluding hydrogens is 286 g/mol. The van der Waals surface area contributed by atoms with Gasteiger partial charge >= 0.3 is 0 Å². The fraction of sp³-hybridized carbons (Fsp3) is 0.143. The number of carbonyl (C=O) groups is 1. The Balaban J connectivity index is 1.68. The van der Waals surface area contributed by atoms with E-state index in [1.54, 1.807) is 18.5 Å². The second-order valence-corrected chi connectivity index (χ2v) is 5.42. The third kappa shape index (κ3) is 2.82. The molecule has 3 rings (SSSR count). The Hall–Kier alpha value is -2.54. The molecule has 0 aliphatic rings. The second-order valence-electron chi connectivity index (χ2n) is 4.42. The summed E-state index contributed by atoms with van der Waals surface area (Å²) in [5, 5.41) is 11.4. The molecule has 3 aromatic heterocycles. The minimum atomic E-state index is -0.188. The molecule has 3 heterocycles. The van der Waals surface area contributed by atoms with Gasteiger partial charge in [0, 0.05) is 30.2 Å². The van der Waals surface area contributed by atoms with E-state index in [2.05, 4.69) is 20.5 Å². The van der Waals surface area contributed by atoms with Crippen LogP contribution in [0.2, 0.25) is 0 Å². The molecule has 1 amide bonds. The highest BCUT2D eigenvalue weighted by Crippen LogP contribution is 2.31. The van der Waals surface area contributed by atoms with Gasteiger partial charge in [-0.1, -0.05) is 6.07 Å². The number of thiophene rings is 1. The Morgan fingerprint density at radius 3 is 2.95 bits per heavy atom. The quantitative estimate of drug-likeness (QED) is 0.764. The van der Waals surface area contributed by atoms with Crippen molar-refractivity contribution >= 4 is 33.1 Å². The predicted octanol–water partition coefficient (Wildman–Crippen LogP) is 1.64. The van der Waals surface area contributed by atoms with Crippen molar-refractivity contribution < 1.29 is 4.79 Å². The highest BCUT2D eigenvalue weighted by molar-refractivity contribution is 7.21. The van der Waals surface area contributed by atoms with Crippen LogP contribution in [-0.4, -0.2) is 27.6 Å². The third-order valence-corrected chi connectivity index (χ3v) is 4.12. The number of nitrogens with two attached hydrogens (primary N) is 1. The standard InChI is InChI=1S/C14H13N5OS/c15-11-10-5-8-18-19-14(10)21-12(11)13(20)17-7-4-9-3-1-2-6-16-9/h1-3,5-6,8H,4,7,15H2,(H,17,20). The van der Waals surface area contributed by atoms with Gasteiger partial charge in [-0.25, -0.2) is 0 Å². The van der Waals surface area contributed by atoms with E-state index in [9.17, 15) is 4.79 Å². The zero-order valence-corrected chi connectivity index (χ0v) is 11.9. The fourth-order valence-electron chi connectivity index (χ4n) is 1.97. The first-order valence-corrected chi connectivity index (χ1v) is 7.25. The SMILES string of the molecule is Nc1c(C(=O)NCCc2ccccn2)sc2nnccc12. The fourth-order valence-corrected chi connectivity index (χ4v) is 2.93. The summed E-state index contributed by atoms with van der Waals surface area (Å²) >= 11 is 1.25. The summed E-state index contributed by atoms with van der Waals surface area (Å²) in [6, 6.07) is 7.47. The lowest BCUT2D eigenvalue weighted by Gasteiger charge is -2.04. The van der Waals surface area contributed by atoms with Crippen LogP contribution in [0.5, 0.6) is 0 Å². The van der Waals surface area contributed by atoms with E-state index < -0.39 is 0 Å². The van der Waals surface area contributed by atoms with Crippen LogP contribution >= 0.6 is 11.3 Å². The largest absolute Gasteiger partial charge is 0.397 e. The Labute approximate surface area is 125 Å². The van der Waals surface area contributed by atoms with Crippen molar-refractivity contribution in [3.8, 4) is 0 Å². The molecule has 3 aromatic rings. The van der Waals surface area contributed by atoms with Gasteiger partial charge in [-0.15, -0.1) is 16.4 Å². The summed E-state index contributed by atoms with van der Waals surface area (Å²) in [5.41, 5.74) is 7.39. The molecule has 0 aromatic carbocycles. The van der Waals surface area contributed by atoms with Gasteiger partial charge < -0.3 is 11.1 Å². The molecule has 7 heteroatoms. The van der Waals surface area contributed by atoms with Crippen LogP contribution in [0.15, 0.2) is 36.7 Å². The van der Waals surface area contributed by atoms with Crippen LogP contribution in [0.3, 0.4) is 0 Å². The minimum Gasteiger partial charge on any atom is -0.397 e. The number of carbonyl (C=O) groups excluding carboxylic acids is 1. The van der Waals surface area contributed by atoms with Crippen LogP contribution in [0.4, 0.5) is 5.69 Å². The van der Waals surface area contributed by atoms with E-state index in [1.807, 2.05) is 18.2 Å². The number of nitrogen functional groups attached to an aromatic ring is 1. The van der Waals surface area contributed by atoms with Crippen LogP contribution in [-0.2, 0) is 6.42 Å². The van der Waals surface area contributed by atoms with E-state index in [0.29, 0.717) is 28.4 Å². The Morgan fingerprint density at radius 1 is 1.29 bits per heavy atom. The Morgan fingerprint density at radius 2 is 2.19 bits per heavy atom. The van der Waals surface area contributed by atoms with Crippen LogP contribution < -0.4 is 11.1 Å². The van der Waals surface area contributed by atoms with Gasteiger partial charge in [0.05, 0.1) is 11.9 Å². The van der Waals surface area contributed by atoms with E-state index in [4.69, 9.17) is 5.73 Å². The number of nitrogens with zero attached hydrogens (tertiary/aromatic N) is 3. The highest BCUT2D eigenvalue weighted by Gasteiger charge is 2.16. The number of amides is 1. The van der Waals surface area contributed by atoms with E-state index in [0.717, 1.165) is 11.1 Å². The van der Waals surface area contributed by atoms with Crippen molar-refractivity contribution in [1.82, 2.24) is 20.5 Å². The molecule has 0 aliphatic carbocycles. The molecule has 6 nitrogen and oxygen atoms in total. The second kappa shape index (κ2) is 5.84. The molecule has 106 valence electrons. The van der Waals surface area contributed by atoms with E-state index in [1.165, 1.54) is 11.3 Å². The normalized spacial score (nSPS) is 10.7. The van der Waals surface area contributed by atoms with E-state index in [-0.39, 0.29) is 5.91 Å². The molecule has 0 saturated heterocycles. The maximum absolute atomic E-state index is 12.2. The number of rotatable bonds is 4. The van der Waals surface area contributed by atoms with Crippen LogP contribution in [0.1, 0.15) is 15.4 Å². The summed E-state index contributed by atoms with van der Waals surface area (Å²) in [4.78, 5) is 17.5. The lowest BCUT2D eigenvalue weighted by molar-refractivity contribution is 0.0959. The summed E-state index contributed by atoms with van der Waals surface area (Å²) in [6.45, 7) is 0.509. The maximum Gasteiger partial charge on any atom is 0.263 e. The van der Waals surface area contributed by atoms with Gasteiger partial charge in [-0.2, -0.15) is 5.10 Å². The lowest BCUT2D eigenvalue weighted by atomic mass is 10.2. The maximum atomic E-state index is 12.2. The third-order valence-electron chi connectivity index (χ3n) is 3.02. The van der Waals surface area contributed by atoms with Crippen molar-refractivity contribution in [2.45, 2.75) is 6.42 Å².